The number of aromatic nitrogens is 2. The molecule has 1 aromatic heterocycles. The van der Waals surface area contributed by atoms with Crippen molar-refractivity contribution < 1.29 is 9.47 Å². The molecule has 6 nitrogen and oxygen atoms in total. The van der Waals surface area contributed by atoms with Crippen molar-refractivity contribution in [3.05, 3.63) is 11.9 Å². The molecule has 6 heteroatoms. The van der Waals surface area contributed by atoms with Gasteiger partial charge < -0.3 is 14.9 Å². The highest BCUT2D eigenvalue weighted by Crippen LogP contribution is 2.23. The molecule has 0 amide bonds. The molecule has 2 rings (SSSR count). The number of hydrazine groups is 1. The van der Waals surface area contributed by atoms with Crippen LogP contribution in [0.5, 0.6) is 5.88 Å². The maximum absolute atomic E-state index is 5.74. The van der Waals surface area contributed by atoms with Gasteiger partial charge in [-0.15, -0.1) is 0 Å². The van der Waals surface area contributed by atoms with Gasteiger partial charge >= 0.3 is 0 Å². The summed E-state index contributed by atoms with van der Waals surface area (Å²) in [6.07, 6.45) is 1.04. The molecule has 19 heavy (non-hydrogen) atoms. The van der Waals surface area contributed by atoms with Crippen LogP contribution in [0.1, 0.15) is 33.0 Å². The van der Waals surface area contributed by atoms with Gasteiger partial charge in [0.1, 0.15) is 11.6 Å². The van der Waals surface area contributed by atoms with E-state index in [0.717, 1.165) is 19.6 Å². The Balaban J connectivity index is 2.10. The summed E-state index contributed by atoms with van der Waals surface area (Å²) >= 11 is 0. The van der Waals surface area contributed by atoms with Crippen molar-refractivity contribution in [2.45, 2.75) is 32.6 Å². The number of hydrogen-bond donors (Lipinski definition) is 2. The lowest BCUT2D eigenvalue weighted by Crippen LogP contribution is -2.20. The second-order valence-corrected chi connectivity index (χ2v) is 5.85. The number of ether oxygens (including phenoxy) is 2. The van der Waals surface area contributed by atoms with E-state index in [-0.39, 0.29) is 5.41 Å². The van der Waals surface area contributed by atoms with Crippen molar-refractivity contribution in [3.63, 3.8) is 0 Å². The van der Waals surface area contributed by atoms with Crippen molar-refractivity contribution in [3.8, 4) is 5.88 Å². The molecule has 1 unspecified atom stereocenters. The van der Waals surface area contributed by atoms with Crippen LogP contribution in [0.25, 0.3) is 0 Å². The first-order valence-corrected chi connectivity index (χ1v) is 6.56. The monoisotopic (exact) mass is 266 g/mol. The van der Waals surface area contributed by atoms with Crippen LogP contribution in [0, 0.1) is 5.92 Å². The van der Waals surface area contributed by atoms with E-state index in [1.807, 2.05) is 0 Å². The summed E-state index contributed by atoms with van der Waals surface area (Å²) in [4.78, 5) is 8.79. The smallest absolute Gasteiger partial charge is 0.218 e. The molecule has 1 aromatic rings. The van der Waals surface area contributed by atoms with Crippen LogP contribution in [0.3, 0.4) is 0 Å². The van der Waals surface area contributed by atoms with E-state index in [2.05, 4.69) is 36.2 Å². The zero-order chi connectivity index (χ0) is 13.9. The predicted molar refractivity (Wildman–Crippen MR) is 73.0 cm³/mol. The van der Waals surface area contributed by atoms with Gasteiger partial charge in [-0.1, -0.05) is 20.8 Å². The van der Waals surface area contributed by atoms with E-state index in [9.17, 15) is 0 Å². The first-order valence-electron chi connectivity index (χ1n) is 6.56. The fourth-order valence-corrected chi connectivity index (χ4v) is 1.83. The first kappa shape index (κ1) is 14.0. The van der Waals surface area contributed by atoms with E-state index in [1.165, 1.54) is 0 Å². The molecule has 1 aliphatic rings. The fourth-order valence-electron chi connectivity index (χ4n) is 1.83. The lowest BCUT2D eigenvalue weighted by Gasteiger charge is -2.19. The molecule has 0 aliphatic carbocycles. The third-order valence-corrected chi connectivity index (χ3v) is 3.01. The SMILES string of the molecule is CC(C)(C)c1nc(NN)cc(OCC2CCOC2)n1. The molecule has 0 aromatic carbocycles. The average Bonchev–Trinajstić information content (AvgIpc) is 2.88. The summed E-state index contributed by atoms with van der Waals surface area (Å²) in [5.41, 5.74) is 2.40. The van der Waals surface area contributed by atoms with E-state index in [0.29, 0.717) is 30.0 Å². The van der Waals surface area contributed by atoms with Crippen molar-refractivity contribution in [1.82, 2.24) is 9.97 Å². The summed E-state index contributed by atoms with van der Waals surface area (Å²) in [7, 11) is 0. The topological polar surface area (TPSA) is 82.3 Å². The highest BCUT2D eigenvalue weighted by atomic mass is 16.5. The van der Waals surface area contributed by atoms with Crippen LogP contribution in [-0.4, -0.2) is 29.8 Å². The standard InChI is InChI=1S/C13H22N4O2/c1-13(2,3)12-15-10(17-14)6-11(16-12)19-8-9-4-5-18-7-9/h6,9H,4-5,7-8,14H2,1-3H3,(H,15,16,17). The van der Waals surface area contributed by atoms with Crippen LogP contribution < -0.4 is 16.0 Å². The van der Waals surface area contributed by atoms with Crippen molar-refractivity contribution in [1.29, 1.82) is 0 Å². The van der Waals surface area contributed by atoms with Crippen LogP contribution in [0.4, 0.5) is 5.82 Å². The summed E-state index contributed by atoms with van der Waals surface area (Å²) in [6, 6.07) is 1.71. The number of anilines is 1. The lowest BCUT2D eigenvalue weighted by atomic mass is 9.96. The molecule has 1 fully saturated rings. The summed E-state index contributed by atoms with van der Waals surface area (Å²) in [6.45, 7) is 8.36. The minimum absolute atomic E-state index is 0.151. The Morgan fingerprint density at radius 2 is 2.26 bits per heavy atom. The largest absolute Gasteiger partial charge is 0.477 e. The summed E-state index contributed by atoms with van der Waals surface area (Å²) < 4.78 is 11.1. The maximum Gasteiger partial charge on any atom is 0.218 e. The van der Waals surface area contributed by atoms with Crippen molar-refractivity contribution >= 4 is 5.82 Å². The highest BCUT2D eigenvalue weighted by Gasteiger charge is 2.21. The van der Waals surface area contributed by atoms with Gasteiger partial charge in [-0.2, -0.15) is 4.98 Å². The quantitative estimate of drug-likeness (QED) is 0.634. The molecule has 3 N–H and O–H groups in total. The third kappa shape index (κ3) is 3.78. The number of hydrogen-bond acceptors (Lipinski definition) is 6. The Labute approximate surface area is 113 Å². The van der Waals surface area contributed by atoms with Crippen LogP contribution in [0.15, 0.2) is 6.07 Å². The van der Waals surface area contributed by atoms with E-state index in [1.54, 1.807) is 6.07 Å². The minimum atomic E-state index is -0.151. The molecule has 0 saturated carbocycles. The van der Waals surface area contributed by atoms with Gasteiger partial charge in [-0.05, 0) is 6.42 Å². The Kier molecular flexibility index (Phi) is 4.21. The van der Waals surface area contributed by atoms with Crippen molar-refractivity contribution in [2.75, 3.05) is 25.2 Å². The Hall–Kier alpha value is -1.40. The Morgan fingerprint density at radius 3 is 2.84 bits per heavy atom. The van der Waals surface area contributed by atoms with Crippen LogP contribution in [0.2, 0.25) is 0 Å². The second-order valence-electron chi connectivity index (χ2n) is 5.85. The van der Waals surface area contributed by atoms with Gasteiger partial charge in [0.05, 0.1) is 13.2 Å². The number of rotatable bonds is 4. The fraction of sp³-hybridized carbons (Fsp3) is 0.692. The zero-order valence-electron chi connectivity index (χ0n) is 11.8. The summed E-state index contributed by atoms with van der Waals surface area (Å²) in [5, 5.41) is 0. The molecule has 106 valence electrons. The zero-order valence-corrected chi connectivity index (χ0v) is 11.8. The molecule has 0 radical (unpaired) electrons. The Bertz CT molecular complexity index is 425. The third-order valence-electron chi connectivity index (χ3n) is 3.01. The van der Waals surface area contributed by atoms with Crippen LogP contribution in [-0.2, 0) is 10.2 Å². The minimum Gasteiger partial charge on any atom is -0.477 e. The Morgan fingerprint density at radius 1 is 1.47 bits per heavy atom. The molecule has 0 spiro atoms. The van der Waals surface area contributed by atoms with Crippen molar-refractivity contribution in [2.24, 2.45) is 11.8 Å². The van der Waals surface area contributed by atoms with Gasteiger partial charge in [-0.3, -0.25) is 0 Å². The summed E-state index contributed by atoms with van der Waals surface area (Å²) in [5.74, 6) is 7.71. The molecule has 1 saturated heterocycles. The van der Waals surface area contributed by atoms with Gasteiger partial charge in [-0.25, -0.2) is 10.8 Å². The number of nitrogens with zero attached hydrogens (tertiary/aromatic N) is 2. The number of nitrogens with one attached hydrogen (secondary N) is 1. The number of nitrogens with two attached hydrogens (primary N) is 1. The maximum atomic E-state index is 5.74. The van der Waals surface area contributed by atoms with Gasteiger partial charge in [0.25, 0.3) is 0 Å². The van der Waals surface area contributed by atoms with E-state index >= 15 is 0 Å². The van der Waals surface area contributed by atoms with Gasteiger partial charge in [0, 0.05) is 24.0 Å². The van der Waals surface area contributed by atoms with Gasteiger partial charge in [0.2, 0.25) is 5.88 Å². The predicted octanol–water partition coefficient (Wildman–Crippen LogP) is 1.47. The molecular weight excluding hydrogens is 244 g/mol. The van der Waals surface area contributed by atoms with Crippen LogP contribution >= 0.6 is 0 Å². The van der Waals surface area contributed by atoms with E-state index < -0.39 is 0 Å². The number of nitrogen functional groups attached to an aromatic ring is 1. The molecule has 1 atom stereocenters. The van der Waals surface area contributed by atoms with Gasteiger partial charge in [0.15, 0.2) is 0 Å². The molecule has 0 bridgehead atoms. The lowest BCUT2D eigenvalue weighted by molar-refractivity contribution is 0.165. The second kappa shape index (κ2) is 5.71. The molecule has 1 aliphatic heterocycles. The normalized spacial score (nSPS) is 19.5. The average molecular weight is 266 g/mol. The van der Waals surface area contributed by atoms with E-state index in [4.69, 9.17) is 15.3 Å². The molecular formula is C13H22N4O2. The highest BCUT2D eigenvalue weighted by molar-refractivity contribution is 5.37. The molecule has 2 heterocycles. The first-order chi connectivity index (χ1) is 8.99.